The summed E-state index contributed by atoms with van der Waals surface area (Å²) in [6.45, 7) is -0.605. The van der Waals surface area contributed by atoms with Gasteiger partial charge in [-0.25, -0.2) is 9.59 Å². The van der Waals surface area contributed by atoms with Crippen LogP contribution in [0.3, 0.4) is 0 Å². The van der Waals surface area contributed by atoms with Crippen LogP contribution in [0.4, 0.5) is 26.3 Å². The molecule has 0 spiro atoms. The highest BCUT2D eigenvalue weighted by atomic mass is 19.4. The van der Waals surface area contributed by atoms with Crippen molar-refractivity contribution in [2.24, 2.45) is 0 Å². The number of halogens is 6. The van der Waals surface area contributed by atoms with E-state index in [1.54, 1.807) is 24.3 Å². The van der Waals surface area contributed by atoms with Gasteiger partial charge in [0.1, 0.15) is 0 Å². The van der Waals surface area contributed by atoms with Crippen molar-refractivity contribution in [1.29, 1.82) is 0 Å². The molecule has 30 heavy (non-hydrogen) atoms. The molecule has 12 heteroatoms. The maximum absolute atomic E-state index is 12.1. The number of carbonyl (C=O) groups is 2. The zero-order chi connectivity index (χ0) is 22.9. The quantitative estimate of drug-likeness (QED) is 0.326. The van der Waals surface area contributed by atoms with E-state index in [1.165, 1.54) is 0 Å². The highest BCUT2D eigenvalue weighted by Gasteiger charge is 2.45. The molecular formula is C18H20F6O6. The van der Waals surface area contributed by atoms with Gasteiger partial charge >= 0.3 is 24.3 Å². The number of benzene rings is 1. The molecule has 0 saturated heterocycles. The molecule has 0 amide bonds. The van der Waals surface area contributed by atoms with E-state index in [0.29, 0.717) is 12.8 Å². The van der Waals surface area contributed by atoms with E-state index >= 15 is 0 Å². The number of carbonyl (C=O) groups excluding carboxylic acids is 2. The van der Waals surface area contributed by atoms with Crippen molar-refractivity contribution in [2.75, 3.05) is 13.2 Å². The Labute approximate surface area is 167 Å². The number of hydrogen-bond donors (Lipinski definition) is 2. The number of hydrogen-bond acceptors (Lipinski definition) is 6. The summed E-state index contributed by atoms with van der Waals surface area (Å²) >= 11 is 0. The number of ether oxygens (including phenoxy) is 2. The molecule has 0 bridgehead atoms. The third-order valence-electron chi connectivity index (χ3n) is 3.80. The second kappa shape index (κ2) is 11.2. The fraction of sp³-hybridized carbons (Fsp3) is 0.556. The Bertz CT molecular complexity index is 627. The minimum atomic E-state index is -5.08. The Kier molecular flexibility index (Phi) is 9.56. The van der Waals surface area contributed by atoms with Crippen LogP contribution in [0.2, 0.25) is 0 Å². The summed E-state index contributed by atoms with van der Waals surface area (Å²) in [5, 5.41) is 17.4. The highest BCUT2D eigenvalue weighted by molar-refractivity contribution is 5.75. The third kappa shape index (κ3) is 8.99. The van der Waals surface area contributed by atoms with Gasteiger partial charge in [0, 0.05) is 0 Å². The van der Waals surface area contributed by atoms with Gasteiger partial charge in [0.05, 0.1) is 13.2 Å². The molecular weight excluding hydrogens is 426 g/mol. The lowest BCUT2D eigenvalue weighted by atomic mass is 10.0. The molecule has 0 fully saturated rings. The lowest BCUT2D eigenvalue weighted by Gasteiger charge is -2.13. The van der Waals surface area contributed by atoms with E-state index in [2.05, 4.69) is 9.47 Å². The lowest BCUT2D eigenvalue weighted by molar-refractivity contribution is -0.219. The SMILES string of the molecule is O=C(OCCCc1ccc(CCCOC(=O)[C@H](O)C(F)(F)F)cc1)[C@H](O)C(F)(F)F. The van der Waals surface area contributed by atoms with Gasteiger partial charge in [-0.05, 0) is 36.8 Å². The standard InChI is InChI=1S/C18H20F6O6/c19-17(20,21)13(25)15(27)29-9-1-3-11-5-7-12(8-6-11)4-2-10-30-16(28)14(26)18(22,23)24/h5-8,13-14,25-26H,1-4,9-10H2/t13-,14-/m0/s1. The van der Waals surface area contributed by atoms with Crippen LogP contribution in [0.5, 0.6) is 0 Å². The van der Waals surface area contributed by atoms with E-state index in [9.17, 15) is 35.9 Å². The topological polar surface area (TPSA) is 93.1 Å². The molecule has 0 aliphatic carbocycles. The van der Waals surface area contributed by atoms with Crippen LogP contribution in [0.15, 0.2) is 24.3 Å². The van der Waals surface area contributed by atoms with Crippen LogP contribution in [-0.4, -0.2) is 59.9 Å². The number of aliphatic hydroxyl groups excluding tert-OH is 2. The minimum Gasteiger partial charge on any atom is -0.464 e. The van der Waals surface area contributed by atoms with Crippen LogP contribution in [0, 0.1) is 0 Å². The van der Waals surface area contributed by atoms with Crippen molar-refractivity contribution < 1.29 is 55.6 Å². The first-order valence-electron chi connectivity index (χ1n) is 8.73. The normalized spacial score (nSPS) is 14.1. The van der Waals surface area contributed by atoms with Gasteiger partial charge in [0.2, 0.25) is 12.2 Å². The Hall–Kier alpha value is -2.34. The van der Waals surface area contributed by atoms with Crippen molar-refractivity contribution in [2.45, 2.75) is 50.2 Å². The first-order chi connectivity index (χ1) is 13.8. The molecule has 1 aromatic rings. The predicted molar refractivity (Wildman–Crippen MR) is 89.1 cm³/mol. The van der Waals surface area contributed by atoms with Gasteiger partial charge in [-0.15, -0.1) is 0 Å². The fourth-order valence-corrected chi connectivity index (χ4v) is 2.20. The van der Waals surface area contributed by atoms with Gasteiger partial charge in [-0.2, -0.15) is 26.3 Å². The number of esters is 2. The summed E-state index contributed by atoms with van der Waals surface area (Å²) in [5.74, 6) is -3.53. The maximum Gasteiger partial charge on any atom is 0.425 e. The second-order valence-corrected chi connectivity index (χ2v) is 6.25. The van der Waals surface area contributed by atoms with Crippen molar-refractivity contribution >= 4 is 11.9 Å². The van der Waals surface area contributed by atoms with Gasteiger partial charge < -0.3 is 19.7 Å². The monoisotopic (exact) mass is 446 g/mol. The van der Waals surface area contributed by atoms with Crippen molar-refractivity contribution in [3.63, 3.8) is 0 Å². The number of rotatable bonds is 10. The van der Waals surface area contributed by atoms with Crippen molar-refractivity contribution in [3.8, 4) is 0 Å². The smallest absolute Gasteiger partial charge is 0.425 e. The van der Waals surface area contributed by atoms with E-state index < -0.39 is 36.5 Å². The highest BCUT2D eigenvalue weighted by Crippen LogP contribution is 2.21. The van der Waals surface area contributed by atoms with Crippen LogP contribution >= 0.6 is 0 Å². The van der Waals surface area contributed by atoms with Crippen LogP contribution in [-0.2, 0) is 31.9 Å². The van der Waals surface area contributed by atoms with Crippen molar-refractivity contribution in [3.05, 3.63) is 35.4 Å². The molecule has 1 aromatic carbocycles. The molecule has 0 aliphatic heterocycles. The molecule has 2 N–H and O–H groups in total. The Balaban J connectivity index is 2.28. The molecule has 0 radical (unpaired) electrons. The molecule has 0 aliphatic rings. The number of alkyl halides is 6. The maximum atomic E-state index is 12.1. The molecule has 0 aromatic heterocycles. The molecule has 0 saturated carbocycles. The molecule has 0 heterocycles. The number of aryl methyl sites for hydroxylation is 2. The van der Waals surface area contributed by atoms with E-state index in [1.807, 2.05) is 0 Å². The van der Waals surface area contributed by atoms with Crippen LogP contribution in [0.1, 0.15) is 24.0 Å². The molecule has 0 unspecified atom stereocenters. The second-order valence-electron chi connectivity index (χ2n) is 6.25. The first kappa shape index (κ1) is 25.7. The zero-order valence-electron chi connectivity index (χ0n) is 15.5. The predicted octanol–water partition coefficient (Wildman–Crippen LogP) is 2.48. The Morgan fingerprint density at radius 1 is 0.733 bits per heavy atom. The van der Waals surface area contributed by atoms with Crippen LogP contribution in [0.25, 0.3) is 0 Å². The number of aliphatic hydroxyl groups is 2. The van der Waals surface area contributed by atoms with Crippen molar-refractivity contribution in [1.82, 2.24) is 0 Å². The van der Waals surface area contributed by atoms with E-state index in [0.717, 1.165) is 11.1 Å². The lowest BCUT2D eigenvalue weighted by Crippen LogP contribution is -2.37. The van der Waals surface area contributed by atoms with Gasteiger partial charge in [0.25, 0.3) is 0 Å². The molecule has 2 atom stereocenters. The van der Waals surface area contributed by atoms with Gasteiger partial charge in [-0.3, -0.25) is 0 Å². The Morgan fingerprint density at radius 3 is 1.30 bits per heavy atom. The summed E-state index contributed by atoms with van der Waals surface area (Å²) in [6, 6.07) is 6.84. The third-order valence-corrected chi connectivity index (χ3v) is 3.80. The molecule has 6 nitrogen and oxygen atoms in total. The van der Waals surface area contributed by atoms with Gasteiger partial charge in [-0.1, -0.05) is 24.3 Å². The van der Waals surface area contributed by atoms with Gasteiger partial charge in [0.15, 0.2) is 0 Å². The van der Waals surface area contributed by atoms with E-state index in [-0.39, 0.29) is 26.1 Å². The Morgan fingerprint density at radius 2 is 1.03 bits per heavy atom. The minimum absolute atomic E-state index is 0.229. The fourth-order valence-electron chi connectivity index (χ4n) is 2.20. The summed E-state index contributed by atoms with van der Waals surface area (Å²) in [4.78, 5) is 22.0. The summed E-state index contributed by atoms with van der Waals surface area (Å²) < 4.78 is 81.4. The van der Waals surface area contributed by atoms with Crippen LogP contribution < -0.4 is 0 Å². The first-order valence-corrected chi connectivity index (χ1v) is 8.73. The average molecular weight is 446 g/mol. The summed E-state index contributed by atoms with van der Waals surface area (Å²) in [5.41, 5.74) is 1.59. The van der Waals surface area contributed by atoms with E-state index in [4.69, 9.17) is 10.2 Å². The largest absolute Gasteiger partial charge is 0.464 e. The average Bonchev–Trinajstić information content (AvgIpc) is 2.66. The molecule has 1 rings (SSSR count). The molecule has 170 valence electrons. The summed E-state index contributed by atoms with van der Waals surface area (Å²) in [7, 11) is 0. The zero-order valence-corrected chi connectivity index (χ0v) is 15.5. The summed E-state index contributed by atoms with van der Waals surface area (Å²) in [6.07, 6.45) is -15.3.